The Hall–Kier alpha value is -3.33. The van der Waals surface area contributed by atoms with Crippen LogP contribution in [0.25, 0.3) is 6.08 Å². The van der Waals surface area contributed by atoms with E-state index in [2.05, 4.69) is 16.8 Å². The molecule has 0 aliphatic heterocycles. The molecule has 1 aromatic heterocycles. The second kappa shape index (κ2) is 9.56. The predicted octanol–water partition coefficient (Wildman–Crippen LogP) is 3.91. The van der Waals surface area contributed by atoms with Gasteiger partial charge in [0.25, 0.3) is 5.91 Å². The van der Waals surface area contributed by atoms with Crippen molar-refractivity contribution in [2.45, 2.75) is 40.7 Å². The molecule has 2 aromatic rings. The third kappa shape index (κ3) is 5.34. The van der Waals surface area contributed by atoms with E-state index in [0.717, 1.165) is 35.5 Å². The molecule has 0 radical (unpaired) electrons. The van der Waals surface area contributed by atoms with Crippen molar-refractivity contribution in [2.24, 2.45) is 0 Å². The van der Waals surface area contributed by atoms with Crippen LogP contribution in [0.3, 0.4) is 0 Å². The summed E-state index contributed by atoms with van der Waals surface area (Å²) in [7, 11) is 0. The van der Waals surface area contributed by atoms with Gasteiger partial charge in [-0.05, 0) is 57.0 Å². The highest BCUT2D eigenvalue weighted by Crippen LogP contribution is 2.19. The van der Waals surface area contributed by atoms with E-state index in [0.29, 0.717) is 5.69 Å². The fourth-order valence-corrected chi connectivity index (χ4v) is 2.88. The lowest BCUT2D eigenvalue weighted by molar-refractivity contribution is -0.142. The number of ether oxygens (including phenoxy) is 1. The normalized spacial score (nSPS) is 11.0. The first kappa shape index (κ1) is 21.0. The molecule has 0 fully saturated rings. The Morgan fingerprint density at radius 1 is 1.21 bits per heavy atom. The molecule has 0 unspecified atom stereocenters. The van der Waals surface area contributed by atoms with Crippen molar-refractivity contribution < 1.29 is 14.3 Å². The number of hydrogen-bond acceptors (Lipinski definition) is 4. The fraction of sp³-hybridized carbons (Fsp3) is 0.318. The fourth-order valence-electron chi connectivity index (χ4n) is 2.88. The first-order valence-corrected chi connectivity index (χ1v) is 9.17. The maximum Gasteiger partial charge on any atom is 0.349 e. The molecule has 0 aliphatic carbocycles. The zero-order valence-electron chi connectivity index (χ0n) is 16.7. The summed E-state index contributed by atoms with van der Waals surface area (Å²) in [4.78, 5) is 24.2. The number of nitrogens with zero attached hydrogens (tertiary/aromatic N) is 2. The molecule has 0 saturated heterocycles. The van der Waals surface area contributed by atoms with Gasteiger partial charge in [0.1, 0.15) is 11.6 Å². The number of nitriles is 1. The predicted molar refractivity (Wildman–Crippen MR) is 109 cm³/mol. The second-order valence-electron chi connectivity index (χ2n) is 6.64. The van der Waals surface area contributed by atoms with E-state index in [-0.39, 0.29) is 5.57 Å². The van der Waals surface area contributed by atoms with Gasteiger partial charge in [-0.15, -0.1) is 0 Å². The van der Waals surface area contributed by atoms with Gasteiger partial charge in [0.05, 0.1) is 0 Å². The van der Waals surface area contributed by atoms with Crippen molar-refractivity contribution in [3.05, 3.63) is 58.4 Å². The van der Waals surface area contributed by atoms with E-state index in [1.807, 2.05) is 45.0 Å². The number of esters is 1. The monoisotopic (exact) mass is 379 g/mol. The summed E-state index contributed by atoms with van der Waals surface area (Å²) in [5, 5.41) is 12.0. The van der Waals surface area contributed by atoms with Crippen LogP contribution in [-0.2, 0) is 20.9 Å². The number of nitrogens with one attached hydrogen (secondary N) is 1. The Kier molecular flexibility index (Phi) is 7.16. The minimum Gasteiger partial charge on any atom is -0.451 e. The molecule has 1 heterocycles. The van der Waals surface area contributed by atoms with E-state index in [4.69, 9.17) is 4.74 Å². The highest BCUT2D eigenvalue weighted by Gasteiger charge is 2.15. The highest BCUT2D eigenvalue weighted by molar-refractivity contribution is 6.00. The van der Waals surface area contributed by atoms with Gasteiger partial charge < -0.3 is 14.6 Å². The molecule has 0 spiro atoms. The Labute approximate surface area is 165 Å². The molecule has 6 nitrogen and oxygen atoms in total. The lowest BCUT2D eigenvalue weighted by atomic mass is 10.1. The van der Waals surface area contributed by atoms with Crippen LogP contribution in [0.1, 0.15) is 35.9 Å². The van der Waals surface area contributed by atoms with Crippen LogP contribution in [0, 0.1) is 32.1 Å². The number of aromatic nitrogens is 1. The molecule has 0 atom stereocenters. The van der Waals surface area contributed by atoms with Crippen LogP contribution in [-0.4, -0.2) is 23.1 Å². The van der Waals surface area contributed by atoms with Crippen LogP contribution in [0.2, 0.25) is 0 Å². The van der Waals surface area contributed by atoms with Gasteiger partial charge in [0, 0.05) is 23.6 Å². The Balaban J connectivity index is 2.02. The lowest BCUT2D eigenvalue weighted by Gasteiger charge is -2.07. The van der Waals surface area contributed by atoms with Crippen molar-refractivity contribution >= 4 is 23.6 Å². The maximum atomic E-state index is 12.2. The number of aryl methyl sites for hydroxylation is 2. The second-order valence-corrected chi connectivity index (χ2v) is 6.64. The third-order valence-electron chi connectivity index (χ3n) is 4.37. The summed E-state index contributed by atoms with van der Waals surface area (Å²) in [6.07, 6.45) is 2.50. The third-order valence-corrected chi connectivity index (χ3v) is 4.37. The number of carbonyl (C=O) groups is 2. The molecule has 0 bridgehead atoms. The van der Waals surface area contributed by atoms with Gasteiger partial charge in [-0.2, -0.15) is 5.26 Å². The van der Waals surface area contributed by atoms with Crippen molar-refractivity contribution in [1.29, 1.82) is 5.26 Å². The van der Waals surface area contributed by atoms with Crippen LogP contribution in [0.5, 0.6) is 0 Å². The van der Waals surface area contributed by atoms with Crippen LogP contribution < -0.4 is 5.32 Å². The summed E-state index contributed by atoms with van der Waals surface area (Å²) in [5.74, 6) is -1.28. The summed E-state index contributed by atoms with van der Waals surface area (Å²) < 4.78 is 7.14. The summed E-state index contributed by atoms with van der Waals surface area (Å²) in [5.41, 5.74) is 4.40. The van der Waals surface area contributed by atoms with E-state index < -0.39 is 18.5 Å². The molecule has 6 heteroatoms. The average molecular weight is 379 g/mol. The smallest absolute Gasteiger partial charge is 0.349 e. The van der Waals surface area contributed by atoms with Crippen LogP contribution in [0.15, 0.2) is 35.9 Å². The molecule has 1 aromatic carbocycles. The van der Waals surface area contributed by atoms with Crippen molar-refractivity contribution in [3.8, 4) is 6.07 Å². The van der Waals surface area contributed by atoms with Crippen LogP contribution in [0.4, 0.5) is 5.69 Å². The van der Waals surface area contributed by atoms with Gasteiger partial charge in [-0.3, -0.25) is 4.79 Å². The number of rotatable bonds is 7. The van der Waals surface area contributed by atoms with Crippen molar-refractivity contribution in [2.75, 3.05) is 11.9 Å². The number of carbonyl (C=O) groups excluding carboxylic acids is 2. The van der Waals surface area contributed by atoms with Gasteiger partial charge >= 0.3 is 5.97 Å². The van der Waals surface area contributed by atoms with E-state index in [1.54, 1.807) is 12.1 Å². The first-order valence-electron chi connectivity index (χ1n) is 9.17. The van der Waals surface area contributed by atoms with Gasteiger partial charge in [0.2, 0.25) is 0 Å². The van der Waals surface area contributed by atoms with Crippen LogP contribution >= 0.6 is 0 Å². The van der Waals surface area contributed by atoms with Gasteiger partial charge in [0.15, 0.2) is 6.61 Å². The molecule has 146 valence electrons. The highest BCUT2D eigenvalue weighted by atomic mass is 16.5. The Bertz CT molecular complexity index is 931. The number of hydrogen-bond donors (Lipinski definition) is 1. The molecular formula is C22H25N3O3. The summed E-state index contributed by atoms with van der Waals surface area (Å²) in [6, 6.07) is 11.1. The van der Waals surface area contributed by atoms with E-state index in [9.17, 15) is 14.9 Å². The Morgan fingerprint density at radius 2 is 1.89 bits per heavy atom. The van der Waals surface area contributed by atoms with Crippen molar-refractivity contribution in [3.63, 3.8) is 0 Å². The van der Waals surface area contributed by atoms with Crippen molar-refractivity contribution in [1.82, 2.24) is 4.57 Å². The largest absolute Gasteiger partial charge is 0.451 e. The zero-order chi connectivity index (χ0) is 20.7. The summed E-state index contributed by atoms with van der Waals surface area (Å²) in [6.45, 7) is 8.39. The standard InChI is InChI=1S/C22H25N3O3/c1-5-10-25-16(3)11-18(17(25)4)12-19(13-23)22(27)28-14-21(26)24-20-8-6-15(2)7-9-20/h6-9,11-12H,5,10,14H2,1-4H3,(H,24,26)/b19-12-. The molecule has 1 amide bonds. The average Bonchev–Trinajstić information content (AvgIpc) is 2.93. The molecule has 1 N–H and O–H groups in total. The molecule has 0 saturated carbocycles. The lowest BCUT2D eigenvalue weighted by Crippen LogP contribution is -2.21. The minimum absolute atomic E-state index is 0.139. The van der Waals surface area contributed by atoms with Gasteiger partial charge in [-0.25, -0.2) is 4.79 Å². The van der Waals surface area contributed by atoms with E-state index in [1.165, 1.54) is 6.08 Å². The molecular weight excluding hydrogens is 354 g/mol. The quantitative estimate of drug-likeness (QED) is 0.449. The number of benzene rings is 1. The summed E-state index contributed by atoms with van der Waals surface area (Å²) >= 11 is 0. The zero-order valence-corrected chi connectivity index (χ0v) is 16.7. The Morgan fingerprint density at radius 3 is 2.50 bits per heavy atom. The maximum absolute atomic E-state index is 12.2. The topological polar surface area (TPSA) is 84.1 Å². The minimum atomic E-state index is -0.818. The molecule has 0 aliphatic rings. The molecule has 2 rings (SSSR count). The molecule has 28 heavy (non-hydrogen) atoms. The van der Waals surface area contributed by atoms with E-state index >= 15 is 0 Å². The first-order chi connectivity index (χ1) is 13.3. The number of anilines is 1. The van der Waals surface area contributed by atoms with Gasteiger partial charge in [-0.1, -0.05) is 24.6 Å². The number of amides is 1. The SMILES string of the molecule is CCCn1c(C)cc(/C=C(/C#N)C(=O)OCC(=O)Nc2ccc(C)cc2)c1C.